The van der Waals surface area contributed by atoms with E-state index in [1.54, 1.807) is 25.3 Å². The number of nitrogens with one attached hydrogen (secondary N) is 2. The number of fused-ring (bicyclic) bond motifs is 2. The summed E-state index contributed by atoms with van der Waals surface area (Å²) in [4.78, 5) is 15.6. The maximum atomic E-state index is 12.4. The molecule has 2 aromatic carbocycles. The van der Waals surface area contributed by atoms with E-state index in [4.69, 9.17) is 27.9 Å². The number of ether oxygens (including phenoxy) is 1. The van der Waals surface area contributed by atoms with Crippen LogP contribution in [0.15, 0.2) is 30.3 Å². The molecule has 1 aliphatic heterocycles. The van der Waals surface area contributed by atoms with E-state index in [1.807, 2.05) is 25.1 Å². The molecule has 126 valence electrons. The van der Waals surface area contributed by atoms with Gasteiger partial charge in [-0.15, -0.1) is 0 Å². The van der Waals surface area contributed by atoms with Crippen LogP contribution in [-0.2, 0) is 4.79 Å². The highest BCUT2D eigenvalue weighted by Gasteiger charge is 2.27. The first-order chi connectivity index (χ1) is 12.0. The molecule has 25 heavy (non-hydrogen) atoms. The molecule has 4 nitrogen and oxygen atoms in total. The summed E-state index contributed by atoms with van der Waals surface area (Å²) < 4.78 is 5.41. The standard InChI is InChI=1S/C19H14Cl2N2O2/c1-9-6-15-10(8-16(9)25-2)11(18(21)22-15)7-12-17-13(20)4-3-5-14(17)23-19(12)24/h3-8,22H,1-2H3,(H,23,24)/b12-7+. The summed E-state index contributed by atoms with van der Waals surface area (Å²) in [5.41, 5.74) is 4.50. The monoisotopic (exact) mass is 372 g/mol. The molecule has 2 N–H and O–H groups in total. The molecule has 0 saturated carbocycles. The third kappa shape index (κ3) is 2.49. The molecule has 0 bridgehead atoms. The van der Waals surface area contributed by atoms with Gasteiger partial charge in [-0.25, -0.2) is 0 Å². The van der Waals surface area contributed by atoms with Crippen LogP contribution < -0.4 is 10.1 Å². The normalized spacial score (nSPS) is 14.9. The molecule has 2 heterocycles. The first-order valence-corrected chi connectivity index (χ1v) is 8.43. The molecule has 4 rings (SSSR count). The first-order valence-electron chi connectivity index (χ1n) is 7.67. The lowest BCUT2D eigenvalue weighted by molar-refractivity contribution is -0.110. The topological polar surface area (TPSA) is 54.1 Å². The molecule has 0 saturated heterocycles. The average molecular weight is 373 g/mol. The first kappa shape index (κ1) is 16.1. The number of H-pyrrole nitrogens is 1. The number of halogens is 2. The van der Waals surface area contributed by atoms with Gasteiger partial charge in [-0.05, 0) is 42.8 Å². The summed E-state index contributed by atoms with van der Waals surface area (Å²) >= 11 is 12.7. The van der Waals surface area contributed by atoms with Crippen LogP contribution in [0.5, 0.6) is 5.75 Å². The minimum atomic E-state index is -0.201. The van der Waals surface area contributed by atoms with Crippen LogP contribution in [0.1, 0.15) is 16.7 Å². The Morgan fingerprint density at radius 2 is 2.00 bits per heavy atom. The number of aromatic nitrogens is 1. The van der Waals surface area contributed by atoms with E-state index in [1.165, 1.54) is 0 Å². The molecule has 0 spiro atoms. The van der Waals surface area contributed by atoms with Crippen LogP contribution in [0, 0.1) is 6.92 Å². The predicted molar refractivity (Wildman–Crippen MR) is 103 cm³/mol. The van der Waals surface area contributed by atoms with Crippen LogP contribution in [0.3, 0.4) is 0 Å². The van der Waals surface area contributed by atoms with Crippen molar-refractivity contribution in [1.29, 1.82) is 0 Å². The maximum Gasteiger partial charge on any atom is 0.256 e. The molecular weight excluding hydrogens is 359 g/mol. The van der Waals surface area contributed by atoms with E-state index < -0.39 is 0 Å². The van der Waals surface area contributed by atoms with E-state index >= 15 is 0 Å². The van der Waals surface area contributed by atoms with Crippen molar-refractivity contribution in [3.8, 4) is 5.75 Å². The Kier molecular flexibility index (Phi) is 3.74. The smallest absolute Gasteiger partial charge is 0.256 e. The molecule has 0 atom stereocenters. The molecule has 0 unspecified atom stereocenters. The lowest BCUT2D eigenvalue weighted by Gasteiger charge is -2.05. The number of carbonyl (C=O) groups excluding carboxylic acids is 1. The van der Waals surface area contributed by atoms with Crippen LogP contribution in [0.4, 0.5) is 5.69 Å². The Bertz CT molecular complexity index is 1070. The van der Waals surface area contributed by atoms with Crippen LogP contribution in [-0.4, -0.2) is 18.0 Å². The van der Waals surface area contributed by atoms with Gasteiger partial charge in [0.15, 0.2) is 0 Å². The number of amides is 1. The van der Waals surface area contributed by atoms with Gasteiger partial charge in [0, 0.05) is 22.0 Å². The summed E-state index contributed by atoms with van der Waals surface area (Å²) in [6.07, 6.45) is 1.77. The van der Waals surface area contributed by atoms with Crippen molar-refractivity contribution in [1.82, 2.24) is 4.98 Å². The number of anilines is 1. The molecular formula is C19H14Cl2N2O2. The Morgan fingerprint density at radius 3 is 2.76 bits per heavy atom. The zero-order valence-corrected chi connectivity index (χ0v) is 15.0. The van der Waals surface area contributed by atoms with E-state index in [0.717, 1.165) is 27.8 Å². The van der Waals surface area contributed by atoms with Crippen molar-refractivity contribution >= 4 is 57.3 Å². The molecule has 0 fully saturated rings. The van der Waals surface area contributed by atoms with Gasteiger partial charge in [0.25, 0.3) is 5.91 Å². The Hall–Kier alpha value is -2.43. The lowest BCUT2D eigenvalue weighted by Crippen LogP contribution is -2.03. The third-order valence-corrected chi connectivity index (χ3v) is 4.98. The van der Waals surface area contributed by atoms with Crippen LogP contribution in [0.2, 0.25) is 10.2 Å². The Labute approximate surface area is 154 Å². The van der Waals surface area contributed by atoms with Gasteiger partial charge in [0.05, 0.1) is 23.4 Å². The highest BCUT2D eigenvalue weighted by Crippen LogP contribution is 2.40. The zero-order valence-electron chi connectivity index (χ0n) is 13.5. The molecule has 1 amide bonds. The third-order valence-electron chi connectivity index (χ3n) is 4.37. The number of aryl methyl sites for hydroxylation is 1. The SMILES string of the molecule is COc1cc2c(/C=C3/C(=O)Nc4cccc(Cl)c43)c(Cl)[nH]c2cc1C. The summed E-state index contributed by atoms with van der Waals surface area (Å²) in [5.74, 6) is 0.560. The molecule has 0 radical (unpaired) electrons. The fraction of sp³-hybridized carbons (Fsp3) is 0.105. The van der Waals surface area contributed by atoms with Crippen LogP contribution >= 0.6 is 23.2 Å². The lowest BCUT2D eigenvalue weighted by atomic mass is 10.0. The molecule has 1 aromatic heterocycles. The highest BCUT2D eigenvalue weighted by molar-refractivity contribution is 6.42. The fourth-order valence-electron chi connectivity index (χ4n) is 3.17. The van der Waals surface area contributed by atoms with Crippen LogP contribution in [0.25, 0.3) is 22.6 Å². The number of hydrogen-bond acceptors (Lipinski definition) is 2. The van der Waals surface area contributed by atoms with Crippen molar-refractivity contribution in [3.05, 3.63) is 57.2 Å². The maximum absolute atomic E-state index is 12.4. The minimum absolute atomic E-state index is 0.201. The van der Waals surface area contributed by atoms with Crippen molar-refractivity contribution in [2.75, 3.05) is 12.4 Å². The van der Waals surface area contributed by atoms with Crippen molar-refractivity contribution in [3.63, 3.8) is 0 Å². The Balaban J connectivity index is 1.96. The van der Waals surface area contributed by atoms with Gasteiger partial charge in [-0.2, -0.15) is 0 Å². The van der Waals surface area contributed by atoms with Gasteiger partial charge < -0.3 is 15.0 Å². The summed E-state index contributed by atoms with van der Waals surface area (Å²) in [6.45, 7) is 1.96. The van der Waals surface area contributed by atoms with Gasteiger partial charge in [0.2, 0.25) is 0 Å². The van der Waals surface area contributed by atoms with E-state index in [9.17, 15) is 4.79 Å². The van der Waals surface area contributed by atoms with Gasteiger partial charge in [-0.1, -0.05) is 29.3 Å². The summed E-state index contributed by atoms with van der Waals surface area (Å²) in [6, 6.07) is 9.27. The highest BCUT2D eigenvalue weighted by atomic mass is 35.5. The average Bonchev–Trinajstić information content (AvgIpc) is 3.05. The van der Waals surface area contributed by atoms with Crippen molar-refractivity contribution in [2.24, 2.45) is 0 Å². The number of hydrogen-bond donors (Lipinski definition) is 2. The van der Waals surface area contributed by atoms with E-state index in [2.05, 4.69) is 10.3 Å². The molecule has 6 heteroatoms. The second-order valence-corrected chi connectivity index (χ2v) is 6.68. The van der Waals surface area contributed by atoms with Crippen molar-refractivity contribution < 1.29 is 9.53 Å². The van der Waals surface area contributed by atoms with E-state index in [0.29, 0.717) is 27.0 Å². The van der Waals surface area contributed by atoms with Gasteiger partial charge in [0.1, 0.15) is 10.9 Å². The summed E-state index contributed by atoms with van der Waals surface area (Å²) in [7, 11) is 1.63. The molecule has 1 aliphatic rings. The number of aromatic amines is 1. The van der Waals surface area contributed by atoms with Crippen molar-refractivity contribution in [2.45, 2.75) is 6.92 Å². The van der Waals surface area contributed by atoms with Gasteiger partial charge >= 0.3 is 0 Å². The zero-order chi connectivity index (χ0) is 17.7. The number of carbonyl (C=O) groups is 1. The predicted octanol–water partition coefficient (Wildman–Crippen LogP) is 5.28. The summed E-state index contributed by atoms with van der Waals surface area (Å²) in [5, 5.41) is 4.69. The fourth-order valence-corrected chi connectivity index (χ4v) is 3.70. The largest absolute Gasteiger partial charge is 0.496 e. The number of rotatable bonds is 2. The quantitative estimate of drug-likeness (QED) is 0.600. The minimum Gasteiger partial charge on any atom is -0.496 e. The van der Waals surface area contributed by atoms with E-state index in [-0.39, 0.29) is 5.91 Å². The number of methoxy groups -OCH3 is 1. The van der Waals surface area contributed by atoms with Gasteiger partial charge in [-0.3, -0.25) is 4.79 Å². The molecule has 3 aromatic rings. The second kappa shape index (κ2) is 5.83. The molecule has 0 aliphatic carbocycles. The Morgan fingerprint density at radius 1 is 1.20 bits per heavy atom. The number of benzene rings is 2. The second-order valence-electron chi connectivity index (χ2n) is 5.89.